The molecular formula is C22H25NO. The minimum Gasteiger partial charge on any atom is -0.332 e. The standard InChI is InChI=1S/C22H25NO/c1-16-7-2-3-9-18(16)15-22(24)23(19-13-14-19)21-12-6-10-17-8-4-5-11-20(17)21/h2-5,7-9,11,19,21H,6,10,12-15H2,1H3. The minimum atomic E-state index is 0.277. The number of carbonyl (C=O) groups is 1. The number of benzene rings is 2. The quantitative estimate of drug-likeness (QED) is 0.806. The molecule has 0 radical (unpaired) electrons. The first kappa shape index (κ1) is 15.4. The molecule has 1 amide bonds. The summed E-state index contributed by atoms with van der Waals surface area (Å²) in [4.78, 5) is 15.4. The van der Waals surface area contributed by atoms with E-state index in [4.69, 9.17) is 0 Å². The lowest BCUT2D eigenvalue weighted by atomic mass is 9.86. The van der Waals surface area contributed by atoms with Crippen molar-refractivity contribution >= 4 is 5.91 Å². The molecule has 2 aliphatic carbocycles. The Morgan fingerprint density at radius 3 is 2.58 bits per heavy atom. The summed E-state index contributed by atoms with van der Waals surface area (Å²) in [5.74, 6) is 0.300. The molecule has 0 saturated heterocycles. The van der Waals surface area contributed by atoms with E-state index in [-0.39, 0.29) is 6.04 Å². The number of hydrogen-bond acceptors (Lipinski definition) is 1. The number of nitrogens with zero attached hydrogens (tertiary/aromatic N) is 1. The van der Waals surface area contributed by atoms with Crippen molar-refractivity contribution in [3.63, 3.8) is 0 Å². The van der Waals surface area contributed by atoms with Gasteiger partial charge in [-0.2, -0.15) is 0 Å². The molecule has 0 aromatic heterocycles. The average Bonchev–Trinajstić information content (AvgIpc) is 3.42. The van der Waals surface area contributed by atoms with E-state index in [9.17, 15) is 4.79 Å². The van der Waals surface area contributed by atoms with Crippen molar-refractivity contribution in [2.75, 3.05) is 0 Å². The van der Waals surface area contributed by atoms with Gasteiger partial charge in [0.25, 0.3) is 0 Å². The fourth-order valence-electron chi connectivity index (χ4n) is 4.06. The molecule has 2 aromatic carbocycles. The van der Waals surface area contributed by atoms with Gasteiger partial charge in [0.2, 0.25) is 5.91 Å². The summed E-state index contributed by atoms with van der Waals surface area (Å²) >= 11 is 0. The normalized spacial score (nSPS) is 19.6. The van der Waals surface area contributed by atoms with Gasteiger partial charge in [0.15, 0.2) is 0 Å². The third-order valence-electron chi connectivity index (χ3n) is 5.50. The van der Waals surface area contributed by atoms with Gasteiger partial charge in [-0.1, -0.05) is 48.5 Å². The van der Waals surface area contributed by atoms with Crippen LogP contribution in [0.4, 0.5) is 0 Å². The van der Waals surface area contributed by atoms with Crippen LogP contribution in [0.1, 0.15) is 54.0 Å². The molecule has 4 rings (SSSR count). The zero-order chi connectivity index (χ0) is 16.5. The highest BCUT2D eigenvalue weighted by atomic mass is 16.2. The molecule has 2 nitrogen and oxygen atoms in total. The van der Waals surface area contributed by atoms with Gasteiger partial charge in [-0.15, -0.1) is 0 Å². The lowest BCUT2D eigenvalue weighted by molar-refractivity contribution is -0.134. The van der Waals surface area contributed by atoms with Crippen molar-refractivity contribution in [3.8, 4) is 0 Å². The Morgan fingerprint density at radius 1 is 1.04 bits per heavy atom. The van der Waals surface area contributed by atoms with E-state index in [1.54, 1.807) is 0 Å². The maximum Gasteiger partial charge on any atom is 0.227 e. The van der Waals surface area contributed by atoms with Crippen molar-refractivity contribution in [2.45, 2.75) is 57.5 Å². The number of amides is 1. The highest BCUT2D eigenvalue weighted by molar-refractivity contribution is 5.80. The molecule has 1 saturated carbocycles. The van der Waals surface area contributed by atoms with Crippen LogP contribution in [0.2, 0.25) is 0 Å². The van der Waals surface area contributed by atoms with Crippen LogP contribution in [0.3, 0.4) is 0 Å². The Labute approximate surface area is 144 Å². The summed E-state index contributed by atoms with van der Waals surface area (Å²) in [5, 5.41) is 0. The van der Waals surface area contributed by atoms with E-state index in [2.05, 4.69) is 48.2 Å². The average molecular weight is 319 g/mol. The van der Waals surface area contributed by atoms with E-state index in [0.717, 1.165) is 31.2 Å². The van der Waals surface area contributed by atoms with Gasteiger partial charge in [0.1, 0.15) is 0 Å². The van der Waals surface area contributed by atoms with Crippen molar-refractivity contribution in [3.05, 3.63) is 70.8 Å². The topological polar surface area (TPSA) is 20.3 Å². The van der Waals surface area contributed by atoms with Gasteiger partial charge in [0.05, 0.1) is 12.5 Å². The van der Waals surface area contributed by atoms with Crippen LogP contribution >= 0.6 is 0 Å². The summed E-state index contributed by atoms with van der Waals surface area (Å²) in [6.07, 6.45) is 6.30. The number of carbonyl (C=O) groups excluding carboxylic acids is 1. The molecule has 1 fully saturated rings. The summed E-state index contributed by atoms with van der Waals surface area (Å²) < 4.78 is 0. The summed E-state index contributed by atoms with van der Waals surface area (Å²) in [6, 6.07) is 17.7. The number of fused-ring (bicyclic) bond motifs is 1. The number of aryl methyl sites for hydroxylation is 2. The predicted molar refractivity (Wildman–Crippen MR) is 96.9 cm³/mol. The molecule has 0 heterocycles. The van der Waals surface area contributed by atoms with Crippen molar-refractivity contribution in [2.24, 2.45) is 0 Å². The fourth-order valence-corrected chi connectivity index (χ4v) is 4.06. The highest BCUT2D eigenvalue weighted by Gasteiger charge is 2.39. The second kappa shape index (κ2) is 6.43. The lowest BCUT2D eigenvalue weighted by Crippen LogP contribution is -2.39. The van der Waals surface area contributed by atoms with Crippen LogP contribution in [0.5, 0.6) is 0 Å². The largest absolute Gasteiger partial charge is 0.332 e. The summed E-state index contributed by atoms with van der Waals surface area (Å²) in [7, 11) is 0. The molecule has 2 aromatic rings. The third-order valence-corrected chi connectivity index (χ3v) is 5.50. The first-order valence-corrected chi connectivity index (χ1v) is 9.17. The Morgan fingerprint density at radius 2 is 1.79 bits per heavy atom. The van der Waals surface area contributed by atoms with Crippen LogP contribution in [0, 0.1) is 6.92 Å². The second-order valence-corrected chi connectivity index (χ2v) is 7.24. The zero-order valence-electron chi connectivity index (χ0n) is 14.4. The van der Waals surface area contributed by atoms with Crippen LogP contribution in [0.25, 0.3) is 0 Å². The van der Waals surface area contributed by atoms with Crippen LogP contribution in [-0.2, 0) is 17.6 Å². The smallest absolute Gasteiger partial charge is 0.227 e. The number of rotatable bonds is 4. The maximum absolute atomic E-state index is 13.2. The van der Waals surface area contributed by atoms with Gasteiger partial charge < -0.3 is 4.90 Å². The van der Waals surface area contributed by atoms with Crippen LogP contribution in [0.15, 0.2) is 48.5 Å². The highest BCUT2D eigenvalue weighted by Crippen LogP contribution is 2.41. The van der Waals surface area contributed by atoms with E-state index >= 15 is 0 Å². The Bertz CT molecular complexity index is 747. The van der Waals surface area contributed by atoms with Crippen LogP contribution in [-0.4, -0.2) is 16.8 Å². The Balaban J connectivity index is 1.62. The Kier molecular flexibility index (Phi) is 4.13. The zero-order valence-corrected chi connectivity index (χ0v) is 14.4. The van der Waals surface area contributed by atoms with Gasteiger partial charge in [-0.25, -0.2) is 0 Å². The molecule has 2 aliphatic rings. The fraction of sp³-hybridized carbons (Fsp3) is 0.409. The van der Waals surface area contributed by atoms with Crippen molar-refractivity contribution in [1.29, 1.82) is 0 Å². The van der Waals surface area contributed by atoms with Gasteiger partial charge >= 0.3 is 0 Å². The SMILES string of the molecule is Cc1ccccc1CC(=O)N(C1CC1)C1CCCc2ccccc21. The lowest BCUT2D eigenvalue weighted by Gasteiger charge is -2.36. The van der Waals surface area contributed by atoms with E-state index in [1.807, 2.05) is 12.1 Å². The number of hydrogen-bond donors (Lipinski definition) is 0. The molecule has 2 heteroatoms. The molecular weight excluding hydrogens is 294 g/mol. The minimum absolute atomic E-state index is 0.277. The van der Waals surface area contributed by atoms with E-state index in [0.29, 0.717) is 18.4 Å². The van der Waals surface area contributed by atoms with Crippen LogP contribution < -0.4 is 0 Å². The maximum atomic E-state index is 13.2. The second-order valence-electron chi connectivity index (χ2n) is 7.24. The first-order valence-electron chi connectivity index (χ1n) is 9.17. The molecule has 124 valence electrons. The van der Waals surface area contributed by atoms with Crippen molar-refractivity contribution in [1.82, 2.24) is 4.90 Å². The predicted octanol–water partition coefficient (Wildman–Crippen LogP) is 4.61. The molecule has 0 aliphatic heterocycles. The van der Waals surface area contributed by atoms with E-state index in [1.165, 1.54) is 23.1 Å². The van der Waals surface area contributed by atoms with Gasteiger partial charge in [-0.05, 0) is 61.3 Å². The Hall–Kier alpha value is -2.09. The third kappa shape index (κ3) is 2.98. The monoisotopic (exact) mass is 319 g/mol. The first-order chi connectivity index (χ1) is 11.7. The molecule has 0 spiro atoms. The van der Waals surface area contributed by atoms with Crippen molar-refractivity contribution < 1.29 is 4.79 Å². The molecule has 1 unspecified atom stereocenters. The van der Waals surface area contributed by atoms with Gasteiger partial charge in [-0.3, -0.25) is 4.79 Å². The summed E-state index contributed by atoms with van der Waals surface area (Å²) in [6.45, 7) is 2.10. The molecule has 0 bridgehead atoms. The molecule has 0 N–H and O–H groups in total. The van der Waals surface area contributed by atoms with E-state index < -0.39 is 0 Å². The molecule has 24 heavy (non-hydrogen) atoms. The van der Waals surface area contributed by atoms with Gasteiger partial charge in [0, 0.05) is 6.04 Å². The molecule has 1 atom stereocenters. The summed E-state index contributed by atoms with van der Waals surface area (Å²) in [5.41, 5.74) is 5.19.